The first kappa shape index (κ1) is 17.1. The first-order chi connectivity index (χ1) is 11.4. The van der Waals surface area contributed by atoms with Gasteiger partial charge in [-0.25, -0.2) is 8.42 Å². The Kier molecular flexibility index (Phi) is 4.75. The minimum absolute atomic E-state index is 0.00157. The molecule has 132 valence electrons. The molecule has 9 heteroatoms. The van der Waals surface area contributed by atoms with Crippen LogP contribution >= 0.6 is 0 Å². The van der Waals surface area contributed by atoms with Crippen LogP contribution in [-0.4, -0.2) is 68.9 Å². The molecule has 3 rings (SSSR count). The van der Waals surface area contributed by atoms with Crippen LogP contribution in [0.1, 0.15) is 12.8 Å². The van der Waals surface area contributed by atoms with Gasteiger partial charge in [0.05, 0.1) is 9.82 Å². The van der Waals surface area contributed by atoms with Gasteiger partial charge in [0, 0.05) is 45.3 Å². The Hall–Kier alpha value is -1.71. The zero-order valence-electron chi connectivity index (χ0n) is 13.7. The number of rotatable bonds is 4. The number of hydrogen-bond acceptors (Lipinski definition) is 6. The van der Waals surface area contributed by atoms with Gasteiger partial charge in [-0.1, -0.05) is 0 Å². The van der Waals surface area contributed by atoms with Crippen LogP contribution in [-0.2, 0) is 10.0 Å². The van der Waals surface area contributed by atoms with Gasteiger partial charge in [-0.05, 0) is 32.0 Å². The van der Waals surface area contributed by atoms with Crippen LogP contribution in [0.5, 0.6) is 0 Å². The number of hydrogen-bond donors (Lipinski definition) is 0. The second kappa shape index (κ2) is 6.66. The molecule has 2 aliphatic rings. The molecule has 2 aliphatic heterocycles. The third kappa shape index (κ3) is 3.24. The van der Waals surface area contributed by atoms with E-state index in [2.05, 4.69) is 4.90 Å². The molecule has 2 fully saturated rings. The van der Waals surface area contributed by atoms with Gasteiger partial charge < -0.3 is 9.80 Å². The highest BCUT2D eigenvalue weighted by molar-refractivity contribution is 7.89. The zero-order chi connectivity index (χ0) is 17.3. The highest BCUT2D eigenvalue weighted by atomic mass is 32.2. The van der Waals surface area contributed by atoms with Gasteiger partial charge in [0.15, 0.2) is 0 Å². The van der Waals surface area contributed by atoms with Crippen molar-refractivity contribution in [3.8, 4) is 0 Å². The van der Waals surface area contributed by atoms with Gasteiger partial charge in [-0.3, -0.25) is 10.1 Å². The molecule has 0 unspecified atom stereocenters. The van der Waals surface area contributed by atoms with Crippen LogP contribution in [0.15, 0.2) is 23.1 Å². The highest BCUT2D eigenvalue weighted by Gasteiger charge is 2.30. The fraction of sp³-hybridized carbons (Fsp3) is 0.600. The number of likely N-dealkylation sites (N-methyl/N-ethyl adjacent to an activating group) is 1. The summed E-state index contributed by atoms with van der Waals surface area (Å²) in [5.74, 6) is 0. The Balaban J connectivity index is 1.93. The maximum Gasteiger partial charge on any atom is 0.293 e. The number of benzene rings is 1. The van der Waals surface area contributed by atoms with E-state index in [0.717, 1.165) is 25.9 Å². The van der Waals surface area contributed by atoms with Crippen LogP contribution in [0.3, 0.4) is 0 Å². The minimum Gasteiger partial charge on any atom is -0.366 e. The van der Waals surface area contributed by atoms with E-state index in [1.54, 1.807) is 6.07 Å². The van der Waals surface area contributed by atoms with E-state index in [1.165, 1.54) is 16.4 Å². The maximum absolute atomic E-state index is 12.8. The summed E-state index contributed by atoms with van der Waals surface area (Å²) in [5.41, 5.74) is 0.377. The number of piperazine rings is 1. The first-order valence-electron chi connectivity index (χ1n) is 8.12. The SMILES string of the molecule is CN1CCN(S(=O)(=O)c2ccc(N3CCCC3)c([N+](=O)[O-])c2)CC1. The van der Waals surface area contributed by atoms with Gasteiger partial charge in [0.2, 0.25) is 10.0 Å². The van der Waals surface area contributed by atoms with Crippen LogP contribution in [0.2, 0.25) is 0 Å². The van der Waals surface area contributed by atoms with Crippen molar-refractivity contribution in [1.82, 2.24) is 9.21 Å². The summed E-state index contributed by atoms with van der Waals surface area (Å²) in [6.07, 6.45) is 2.00. The van der Waals surface area contributed by atoms with Gasteiger partial charge >= 0.3 is 0 Å². The summed E-state index contributed by atoms with van der Waals surface area (Å²) < 4.78 is 26.9. The average molecular weight is 354 g/mol. The normalized spacial score (nSPS) is 20.5. The number of sulfonamides is 1. The molecule has 0 N–H and O–H groups in total. The minimum atomic E-state index is -3.70. The Morgan fingerprint density at radius 3 is 2.25 bits per heavy atom. The average Bonchev–Trinajstić information content (AvgIpc) is 3.09. The Morgan fingerprint density at radius 2 is 1.67 bits per heavy atom. The molecule has 0 atom stereocenters. The predicted octanol–water partition coefficient (Wildman–Crippen LogP) is 1.13. The summed E-state index contributed by atoms with van der Waals surface area (Å²) in [5, 5.41) is 11.4. The third-order valence-corrected chi connectivity index (χ3v) is 6.58. The lowest BCUT2D eigenvalue weighted by Gasteiger charge is -2.31. The first-order valence-corrected chi connectivity index (χ1v) is 9.56. The van der Waals surface area contributed by atoms with E-state index in [1.807, 2.05) is 11.9 Å². The summed E-state index contributed by atoms with van der Waals surface area (Å²) in [7, 11) is -1.75. The fourth-order valence-corrected chi connectivity index (χ4v) is 4.66. The third-order valence-electron chi connectivity index (χ3n) is 4.69. The van der Waals surface area contributed by atoms with Crippen molar-refractivity contribution in [2.24, 2.45) is 0 Å². The van der Waals surface area contributed by atoms with E-state index in [-0.39, 0.29) is 10.6 Å². The van der Waals surface area contributed by atoms with Crippen molar-refractivity contribution in [3.05, 3.63) is 28.3 Å². The molecular formula is C15H22N4O4S. The number of nitro groups is 1. The standard InChI is InChI=1S/C15H22N4O4S/c1-16-8-10-18(11-9-16)24(22,23)13-4-5-14(15(12-13)19(20)21)17-6-2-3-7-17/h4-5,12H,2-3,6-11H2,1H3. The quantitative estimate of drug-likeness (QED) is 0.595. The molecule has 0 aromatic heterocycles. The fourth-order valence-electron chi connectivity index (χ4n) is 3.21. The van der Waals surface area contributed by atoms with Crippen LogP contribution in [0.25, 0.3) is 0 Å². The predicted molar refractivity (Wildman–Crippen MR) is 90.8 cm³/mol. The largest absolute Gasteiger partial charge is 0.366 e. The van der Waals surface area contributed by atoms with Gasteiger partial charge in [-0.2, -0.15) is 4.31 Å². The molecule has 0 aliphatic carbocycles. The molecule has 2 heterocycles. The Labute approximate surface area is 141 Å². The molecule has 8 nitrogen and oxygen atoms in total. The Morgan fingerprint density at radius 1 is 1.04 bits per heavy atom. The summed E-state index contributed by atoms with van der Waals surface area (Å²) in [4.78, 5) is 15.0. The van der Waals surface area contributed by atoms with Crippen molar-refractivity contribution in [3.63, 3.8) is 0 Å². The van der Waals surface area contributed by atoms with Crippen molar-refractivity contribution in [2.75, 3.05) is 51.2 Å². The van der Waals surface area contributed by atoms with Gasteiger partial charge in [0.25, 0.3) is 5.69 Å². The van der Waals surface area contributed by atoms with Crippen molar-refractivity contribution < 1.29 is 13.3 Å². The summed E-state index contributed by atoms with van der Waals surface area (Å²) in [6.45, 7) is 3.66. The molecule has 1 aromatic rings. The lowest BCUT2D eigenvalue weighted by atomic mass is 10.2. The molecule has 0 amide bonds. The van der Waals surface area contributed by atoms with Crippen LogP contribution < -0.4 is 4.90 Å². The number of anilines is 1. The second-order valence-electron chi connectivity index (χ2n) is 6.31. The molecule has 0 saturated carbocycles. The lowest BCUT2D eigenvalue weighted by Crippen LogP contribution is -2.47. The monoisotopic (exact) mass is 354 g/mol. The van der Waals surface area contributed by atoms with Crippen molar-refractivity contribution in [1.29, 1.82) is 0 Å². The number of nitro benzene ring substituents is 1. The van der Waals surface area contributed by atoms with Crippen LogP contribution in [0.4, 0.5) is 11.4 Å². The second-order valence-corrected chi connectivity index (χ2v) is 8.25. The van der Waals surface area contributed by atoms with Crippen LogP contribution in [0, 0.1) is 10.1 Å². The van der Waals surface area contributed by atoms with Crippen molar-refractivity contribution in [2.45, 2.75) is 17.7 Å². The van der Waals surface area contributed by atoms with E-state index >= 15 is 0 Å². The Bertz CT molecular complexity index is 723. The molecule has 0 spiro atoms. The van der Waals surface area contributed by atoms with E-state index < -0.39 is 14.9 Å². The highest BCUT2D eigenvalue weighted by Crippen LogP contribution is 2.33. The zero-order valence-corrected chi connectivity index (χ0v) is 14.5. The number of nitrogens with zero attached hydrogens (tertiary/aromatic N) is 4. The van der Waals surface area contributed by atoms with Gasteiger partial charge in [-0.15, -0.1) is 0 Å². The topological polar surface area (TPSA) is 87.0 Å². The van der Waals surface area contributed by atoms with E-state index in [9.17, 15) is 18.5 Å². The molecule has 0 bridgehead atoms. The molecule has 0 radical (unpaired) electrons. The molecular weight excluding hydrogens is 332 g/mol. The lowest BCUT2D eigenvalue weighted by molar-refractivity contribution is -0.384. The van der Waals surface area contributed by atoms with E-state index in [0.29, 0.717) is 31.9 Å². The van der Waals surface area contributed by atoms with Gasteiger partial charge in [0.1, 0.15) is 5.69 Å². The molecule has 24 heavy (non-hydrogen) atoms. The molecule has 2 saturated heterocycles. The molecule has 1 aromatic carbocycles. The smallest absolute Gasteiger partial charge is 0.293 e. The van der Waals surface area contributed by atoms with Crippen molar-refractivity contribution >= 4 is 21.4 Å². The maximum atomic E-state index is 12.8. The van der Waals surface area contributed by atoms with E-state index in [4.69, 9.17) is 0 Å². The summed E-state index contributed by atoms with van der Waals surface area (Å²) >= 11 is 0. The summed E-state index contributed by atoms with van der Waals surface area (Å²) in [6, 6.07) is 4.28.